The van der Waals surface area contributed by atoms with Crippen LogP contribution in [-0.2, 0) is 14.3 Å². The standard InChI is InChI=1S/C24H42O4/c1-3-5-7-8-9-11-14-20-17-18-22(25)21(20)15-12-10-13-16-23(26)24(27)28-19-6-4-2/h14,21-22,25H,3-13,15-19H2,1-2H3/t21-,22+/m1/s1. The molecule has 0 amide bonds. The van der Waals surface area contributed by atoms with Crippen molar-refractivity contribution in [1.29, 1.82) is 0 Å². The van der Waals surface area contributed by atoms with Crippen molar-refractivity contribution >= 4 is 11.8 Å². The minimum Gasteiger partial charge on any atom is -0.460 e. The summed E-state index contributed by atoms with van der Waals surface area (Å²) in [6.45, 7) is 4.60. The molecule has 0 heterocycles. The lowest BCUT2D eigenvalue weighted by molar-refractivity contribution is -0.154. The summed E-state index contributed by atoms with van der Waals surface area (Å²) in [7, 11) is 0. The molecule has 0 aromatic rings. The van der Waals surface area contributed by atoms with Crippen LogP contribution in [0.1, 0.15) is 110 Å². The van der Waals surface area contributed by atoms with Crippen molar-refractivity contribution < 1.29 is 19.4 Å². The third-order valence-corrected chi connectivity index (χ3v) is 5.76. The number of esters is 1. The van der Waals surface area contributed by atoms with Crippen LogP contribution in [0.2, 0.25) is 0 Å². The molecule has 0 saturated heterocycles. The molecule has 0 radical (unpaired) electrons. The Morgan fingerprint density at radius 3 is 2.46 bits per heavy atom. The molecule has 162 valence electrons. The molecule has 28 heavy (non-hydrogen) atoms. The first kappa shape index (κ1) is 24.9. The number of Topliss-reactive ketones (excluding diaryl/α,β-unsaturated/α-hetero) is 1. The monoisotopic (exact) mass is 394 g/mol. The van der Waals surface area contributed by atoms with E-state index < -0.39 is 11.8 Å². The van der Waals surface area contributed by atoms with E-state index in [-0.39, 0.29) is 12.5 Å². The lowest BCUT2D eigenvalue weighted by Crippen LogP contribution is -2.18. The highest BCUT2D eigenvalue weighted by Gasteiger charge is 2.29. The summed E-state index contributed by atoms with van der Waals surface area (Å²) in [6.07, 6.45) is 17.4. The third kappa shape index (κ3) is 10.4. The predicted molar refractivity (Wildman–Crippen MR) is 114 cm³/mol. The van der Waals surface area contributed by atoms with Gasteiger partial charge in [0.2, 0.25) is 5.78 Å². The van der Waals surface area contributed by atoms with E-state index in [1.54, 1.807) is 0 Å². The molecule has 4 nitrogen and oxygen atoms in total. The van der Waals surface area contributed by atoms with Crippen LogP contribution in [0.4, 0.5) is 0 Å². The first-order valence-electron chi connectivity index (χ1n) is 11.7. The minimum atomic E-state index is -0.677. The number of unbranched alkanes of at least 4 members (excludes halogenated alkanes) is 8. The number of allylic oxidation sites excluding steroid dienone is 1. The van der Waals surface area contributed by atoms with Crippen molar-refractivity contribution in [3.63, 3.8) is 0 Å². The number of ether oxygens (including phenoxy) is 1. The van der Waals surface area contributed by atoms with Crippen molar-refractivity contribution in [2.24, 2.45) is 5.92 Å². The zero-order valence-electron chi connectivity index (χ0n) is 18.2. The Kier molecular flexibility index (Phi) is 14.0. The molecule has 1 saturated carbocycles. The van der Waals surface area contributed by atoms with Gasteiger partial charge in [0, 0.05) is 12.3 Å². The summed E-state index contributed by atoms with van der Waals surface area (Å²) in [4.78, 5) is 23.3. The number of carbonyl (C=O) groups excluding carboxylic acids is 2. The topological polar surface area (TPSA) is 63.6 Å². The Hall–Kier alpha value is -1.16. The van der Waals surface area contributed by atoms with Crippen LogP contribution in [0.25, 0.3) is 0 Å². The number of aliphatic hydroxyl groups excluding tert-OH is 1. The Morgan fingerprint density at radius 2 is 1.71 bits per heavy atom. The van der Waals surface area contributed by atoms with E-state index >= 15 is 0 Å². The summed E-state index contributed by atoms with van der Waals surface area (Å²) < 4.78 is 4.95. The molecule has 0 aromatic carbocycles. The van der Waals surface area contributed by atoms with Crippen LogP contribution in [-0.4, -0.2) is 29.6 Å². The van der Waals surface area contributed by atoms with Gasteiger partial charge in [-0.3, -0.25) is 4.79 Å². The van der Waals surface area contributed by atoms with Crippen LogP contribution in [0.3, 0.4) is 0 Å². The van der Waals surface area contributed by atoms with Gasteiger partial charge in [-0.2, -0.15) is 0 Å². The van der Waals surface area contributed by atoms with Crippen LogP contribution in [0, 0.1) is 5.92 Å². The Labute approximate surface area is 172 Å². The fourth-order valence-corrected chi connectivity index (χ4v) is 3.93. The predicted octanol–water partition coefficient (Wildman–Crippen LogP) is 5.91. The van der Waals surface area contributed by atoms with Gasteiger partial charge in [-0.25, -0.2) is 4.79 Å². The van der Waals surface area contributed by atoms with Gasteiger partial charge in [-0.05, 0) is 44.9 Å². The highest BCUT2D eigenvalue weighted by atomic mass is 16.5. The molecule has 1 N–H and O–H groups in total. The molecule has 0 unspecified atom stereocenters. The number of hydrogen-bond donors (Lipinski definition) is 1. The number of ketones is 1. The van der Waals surface area contributed by atoms with Gasteiger partial charge in [-0.15, -0.1) is 0 Å². The zero-order valence-corrected chi connectivity index (χ0v) is 18.2. The van der Waals surface area contributed by atoms with Gasteiger partial charge in [0.1, 0.15) is 0 Å². The molecule has 1 fully saturated rings. The number of rotatable bonds is 16. The van der Waals surface area contributed by atoms with E-state index in [1.807, 2.05) is 6.92 Å². The van der Waals surface area contributed by atoms with Crippen molar-refractivity contribution in [1.82, 2.24) is 0 Å². The van der Waals surface area contributed by atoms with Crippen LogP contribution >= 0.6 is 0 Å². The lowest BCUT2D eigenvalue weighted by Gasteiger charge is -2.16. The van der Waals surface area contributed by atoms with Crippen molar-refractivity contribution in [3.8, 4) is 0 Å². The van der Waals surface area contributed by atoms with Gasteiger partial charge in [0.25, 0.3) is 0 Å². The average Bonchev–Trinajstić information content (AvgIpc) is 3.04. The van der Waals surface area contributed by atoms with Crippen LogP contribution in [0.5, 0.6) is 0 Å². The molecule has 1 aliphatic carbocycles. The van der Waals surface area contributed by atoms with E-state index in [2.05, 4.69) is 13.0 Å². The zero-order chi connectivity index (χ0) is 20.6. The SMILES string of the molecule is CCCCCCCC=C1CC[C@H](O)[C@@H]1CCCCCC(=O)C(=O)OCCCC. The fraction of sp³-hybridized carbons (Fsp3) is 0.833. The Bertz CT molecular complexity index is 469. The number of carbonyl (C=O) groups is 2. The second-order valence-corrected chi connectivity index (χ2v) is 8.21. The van der Waals surface area contributed by atoms with E-state index in [4.69, 9.17) is 4.74 Å². The second-order valence-electron chi connectivity index (χ2n) is 8.21. The van der Waals surface area contributed by atoms with Gasteiger partial charge < -0.3 is 9.84 Å². The Balaban J connectivity index is 2.19. The maximum Gasteiger partial charge on any atom is 0.374 e. The fourth-order valence-electron chi connectivity index (χ4n) is 3.93. The maximum atomic E-state index is 11.7. The second kappa shape index (κ2) is 15.7. The molecule has 0 spiro atoms. The molecular formula is C24H42O4. The summed E-state index contributed by atoms with van der Waals surface area (Å²) in [5.74, 6) is -0.783. The molecule has 2 atom stereocenters. The molecule has 1 aliphatic rings. The van der Waals surface area contributed by atoms with Crippen LogP contribution < -0.4 is 0 Å². The van der Waals surface area contributed by atoms with Gasteiger partial charge in [-0.1, -0.05) is 70.4 Å². The van der Waals surface area contributed by atoms with E-state index in [0.717, 1.165) is 57.8 Å². The quantitative estimate of drug-likeness (QED) is 0.153. The van der Waals surface area contributed by atoms with Gasteiger partial charge >= 0.3 is 5.97 Å². The van der Waals surface area contributed by atoms with Crippen molar-refractivity contribution in [2.75, 3.05) is 6.61 Å². The van der Waals surface area contributed by atoms with E-state index in [9.17, 15) is 14.7 Å². The van der Waals surface area contributed by atoms with Crippen LogP contribution in [0.15, 0.2) is 11.6 Å². The summed E-state index contributed by atoms with van der Waals surface area (Å²) in [6, 6.07) is 0. The van der Waals surface area contributed by atoms with Crippen molar-refractivity contribution in [2.45, 2.75) is 116 Å². The van der Waals surface area contributed by atoms with E-state index in [1.165, 1.54) is 37.7 Å². The largest absolute Gasteiger partial charge is 0.460 e. The van der Waals surface area contributed by atoms with Crippen molar-refractivity contribution in [3.05, 3.63) is 11.6 Å². The maximum absolute atomic E-state index is 11.7. The highest BCUT2D eigenvalue weighted by Crippen LogP contribution is 2.35. The number of aliphatic hydroxyl groups is 1. The minimum absolute atomic E-state index is 0.207. The summed E-state index contributed by atoms with van der Waals surface area (Å²) >= 11 is 0. The first-order chi connectivity index (χ1) is 13.6. The molecular weight excluding hydrogens is 352 g/mol. The molecule has 0 aliphatic heterocycles. The summed E-state index contributed by atoms with van der Waals surface area (Å²) in [5, 5.41) is 10.3. The lowest BCUT2D eigenvalue weighted by atomic mass is 9.92. The average molecular weight is 395 g/mol. The number of hydrogen-bond acceptors (Lipinski definition) is 4. The molecule has 0 bridgehead atoms. The molecule has 1 rings (SSSR count). The van der Waals surface area contributed by atoms with E-state index in [0.29, 0.717) is 12.5 Å². The smallest absolute Gasteiger partial charge is 0.374 e. The normalized spacial score (nSPS) is 20.6. The Morgan fingerprint density at radius 1 is 1.00 bits per heavy atom. The van der Waals surface area contributed by atoms with Gasteiger partial charge in [0.05, 0.1) is 12.7 Å². The first-order valence-corrected chi connectivity index (χ1v) is 11.7. The molecule has 0 aromatic heterocycles. The third-order valence-electron chi connectivity index (χ3n) is 5.76. The summed E-state index contributed by atoms with van der Waals surface area (Å²) in [5.41, 5.74) is 1.44. The highest BCUT2D eigenvalue weighted by molar-refractivity contribution is 6.33. The molecule has 4 heteroatoms. The van der Waals surface area contributed by atoms with Gasteiger partial charge in [0.15, 0.2) is 0 Å².